The van der Waals surface area contributed by atoms with Gasteiger partial charge in [-0.25, -0.2) is 5.01 Å². The van der Waals surface area contributed by atoms with Gasteiger partial charge >= 0.3 is 0 Å². The van der Waals surface area contributed by atoms with Crippen LogP contribution in [0.15, 0.2) is 80.7 Å². The minimum Gasteiger partial charge on any atom is -0.447 e. The van der Waals surface area contributed by atoms with Gasteiger partial charge in [-0.2, -0.15) is 5.10 Å². The highest BCUT2D eigenvalue weighted by atomic mass is 79.9. The van der Waals surface area contributed by atoms with Crippen molar-refractivity contribution in [3.05, 3.63) is 93.3 Å². The second-order valence-electron chi connectivity index (χ2n) is 6.73. The smallest absolute Gasteiger partial charge is 0.193 e. The number of rotatable bonds is 5. The molecule has 0 amide bonds. The number of halogens is 2. The van der Waals surface area contributed by atoms with E-state index in [0.29, 0.717) is 16.8 Å². The van der Waals surface area contributed by atoms with Gasteiger partial charge in [-0.15, -0.1) is 0 Å². The third-order valence-corrected chi connectivity index (χ3v) is 5.81. The van der Waals surface area contributed by atoms with Crippen molar-refractivity contribution < 1.29 is 4.42 Å². The second kappa shape index (κ2) is 9.11. The van der Waals surface area contributed by atoms with Crippen LogP contribution in [0, 0.1) is 0 Å². The molecule has 7 heteroatoms. The van der Waals surface area contributed by atoms with Crippen LogP contribution >= 0.6 is 39.7 Å². The molecule has 4 rings (SSSR count). The zero-order chi connectivity index (χ0) is 20.2. The average Bonchev–Trinajstić information content (AvgIpc) is 3.36. The van der Waals surface area contributed by atoms with Crippen LogP contribution in [0.1, 0.15) is 29.3 Å². The van der Waals surface area contributed by atoms with Crippen LogP contribution in [0.5, 0.6) is 0 Å². The molecule has 0 radical (unpaired) electrons. The number of hydrogen-bond donors (Lipinski definition) is 1. The summed E-state index contributed by atoms with van der Waals surface area (Å²) in [5.41, 5.74) is 3.28. The molecule has 2 heterocycles. The molecule has 0 spiro atoms. The van der Waals surface area contributed by atoms with E-state index in [0.717, 1.165) is 34.5 Å². The van der Waals surface area contributed by atoms with E-state index in [2.05, 4.69) is 33.4 Å². The fourth-order valence-corrected chi connectivity index (χ4v) is 3.97. The van der Waals surface area contributed by atoms with Gasteiger partial charge in [0, 0.05) is 17.4 Å². The Bertz CT molecular complexity index is 1020. The Morgan fingerprint density at radius 1 is 1.14 bits per heavy atom. The van der Waals surface area contributed by atoms with Crippen LogP contribution in [-0.2, 0) is 6.42 Å². The third kappa shape index (κ3) is 4.89. The molecule has 1 aliphatic heterocycles. The van der Waals surface area contributed by atoms with Crippen molar-refractivity contribution in [3.63, 3.8) is 0 Å². The lowest BCUT2D eigenvalue weighted by Crippen LogP contribution is -2.37. The van der Waals surface area contributed by atoms with Crippen molar-refractivity contribution in [2.45, 2.75) is 18.9 Å². The number of thiocarbonyl (C=S) groups is 1. The van der Waals surface area contributed by atoms with Gasteiger partial charge < -0.3 is 9.73 Å². The number of benzene rings is 2. The third-order valence-electron chi connectivity index (χ3n) is 4.75. The maximum absolute atomic E-state index is 6.01. The number of hydrogen-bond acceptors (Lipinski definition) is 3. The summed E-state index contributed by atoms with van der Waals surface area (Å²) in [4.78, 5) is 0. The van der Waals surface area contributed by atoms with Crippen LogP contribution in [0.3, 0.4) is 0 Å². The first-order valence-electron chi connectivity index (χ1n) is 9.30. The van der Waals surface area contributed by atoms with E-state index in [4.69, 9.17) is 33.3 Å². The Labute approximate surface area is 188 Å². The van der Waals surface area contributed by atoms with Crippen molar-refractivity contribution in [1.29, 1.82) is 0 Å². The minimum absolute atomic E-state index is 0.127. The van der Waals surface area contributed by atoms with Crippen LogP contribution in [-0.4, -0.2) is 22.4 Å². The van der Waals surface area contributed by atoms with Crippen LogP contribution in [0.2, 0.25) is 5.22 Å². The zero-order valence-corrected chi connectivity index (χ0v) is 18.7. The molecule has 1 aromatic heterocycles. The van der Waals surface area contributed by atoms with E-state index in [9.17, 15) is 0 Å². The maximum atomic E-state index is 6.01. The Morgan fingerprint density at radius 2 is 1.90 bits per heavy atom. The van der Waals surface area contributed by atoms with Crippen molar-refractivity contribution in [3.8, 4) is 0 Å². The summed E-state index contributed by atoms with van der Waals surface area (Å²) in [5.74, 6) is 0.748. The molecule has 1 aliphatic rings. The lowest BCUT2D eigenvalue weighted by molar-refractivity contribution is 0.311. The maximum Gasteiger partial charge on any atom is 0.193 e. The Morgan fingerprint density at radius 3 is 2.59 bits per heavy atom. The Hall–Kier alpha value is -2.15. The summed E-state index contributed by atoms with van der Waals surface area (Å²) < 4.78 is 6.71. The standard InChI is InChI=1S/C22H19BrClN3OS/c23-17-8-6-16(7-9-17)18-14-19(20-10-11-21(24)28-20)27(26-18)22(29)25-13-12-15-4-2-1-3-5-15/h1-11,19H,12-14H2,(H,25,29)/t19-/m1/s1. The molecule has 29 heavy (non-hydrogen) atoms. The van der Waals surface area contributed by atoms with Gasteiger partial charge in [0.1, 0.15) is 11.8 Å². The molecule has 0 fully saturated rings. The van der Waals surface area contributed by atoms with Gasteiger partial charge in [-0.3, -0.25) is 0 Å². The first kappa shape index (κ1) is 20.1. The molecular weight excluding hydrogens is 470 g/mol. The first-order chi connectivity index (χ1) is 14.1. The van der Waals surface area contributed by atoms with E-state index < -0.39 is 0 Å². The van der Waals surface area contributed by atoms with E-state index in [1.165, 1.54) is 5.56 Å². The predicted molar refractivity (Wildman–Crippen MR) is 124 cm³/mol. The molecule has 2 aromatic carbocycles. The SMILES string of the molecule is S=C(NCCc1ccccc1)N1N=C(c2ccc(Br)cc2)C[C@@H]1c1ccc(Cl)o1. The summed E-state index contributed by atoms with van der Waals surface area (Å²) in [5, 5.41) is 10.9. The molecule has 148 valence electrons. The largest absolute Gasteiger partial charge is 0.447 e. The normalized spacial score (nSPS) is 16.0. The summed E-state index contributed by atoms with van der Waals surface area (Å²) in [6.45, 7) is 0.730. The molecule has 1 atom stereocenters. The zero-order valence-electron chi connectivity index (χ0n) is 15.5. The molecule has 0 aliphatic carbocycles. The van der Waals surface area contributed by atoms with Crippen LogP contribution in [0.25, 0.3) is 0 Å². The molecule has 1 N–H and O–H groups in total. The minimum atomic E-state index is -0.127. The van der Waals surface area contributed by atoms with Crippen molar-refractivity contribution in [2.24, 2.45) is 5.10 Å². The fraction of sp³-hybridized carbons (Fsp3) is 0.182. The highest BCUT2D eigenvalue weighted by Crippen LogP contribution is 2.34. The number of nitrogens with zero attached hydrogens (tertiary/aromatic N) is 2. The summed E-state index contributed by atoms with van der Waals surface area (Å²) in [7, 11) is 0. The molecule has 0 saturated heterocycles. The summed E-state index contributed by atoms with van der Waals surface area (Å²) in [6.07, 6.45) is 1.57. The van der Waals surface area contributed by atoms with Gasteiger partial charge in [-0.1, -0.05) is 58.4 Å². The highest BCUT2D eigenvalue weighted by Gasteiger charge is 2.33. The number of furan rings is 1. The van der Waals surface area contributed by atoms with Gasteiger partial charge in [0.15, 0.2) is 10.3 Å². The van der Waals surface area contributed by atoms with E-state index >= 15 is 0 Å². The Balaban J connectivity index is 1.51. The lowest BCUT2D eigenvalue weighted by Gasteiger charge is -2.23. The van der Waals surface area contributed by atoms with E-state index in [-0.39, 0.29) is 6.04 Å². The lowest BCUT2D eigenvalue weighted by atomic mass is 10.0. The fourth-order valence-electron chi connectivity index (χ4n) is 3.28. The highest BCUT2D eigenvalue weighted by molar-refractivity contribution is 9.10. The quantitative estimate of drug-likeness (QED) is 0.450. The molecular formula is C22H19BrClN3OS. The molecule has 3 aromatic rings. The molecule has 4 nitrogen and oxygen atoms in total. The van der Waals surface area contributed by atoms with Gasteiger partial charge in [-0.05, 0) is 65.6 Å². The van der Waals surface area contributed by atoms with Gasteiger partial charge in [0.2, 0.25) is 0 Å². The molecule has 0 unspecified atom stereocenters. The monoisotopic (exact) mass is 487 g/mol. The second-order valence-corrected chi connectivity index (χ2v) is 8.40. The van der Waals surface area contributed by atoms with Crippen molar-refractivity contribution >= 4 is 50.6 Å². The Kier molecular flexibility index (Phi) is 6.33. The first-order valence-corrected chi connectivity index (χ1v) is 10.9. The van der Waals surface area contributed by atoms with Crippen LogP contribution < -0.4 is 5.32 Å². The van der Waals surface area contributed by atoms with Crippen molar-refractivity contribution in [2.75, 3.05) is 6.54 Å². The van der Waals surface area contributed by atoms with E-state index in [1.54, 1.807) is 6.07 Å². The van der Waals surface area contributed by atoms with E-state index in [1.807, 2.05) is 53.5 Å². The number of nitrogens with one attached hydrogen (secondary N) is 1. The summed E-state index contributed by atoms with van der Waals surface area (Å²) >= 11 is 15.2. The predicted octanol–water partition coefficient (Wildman–Crippen LogP) is 5.96. The molecule has 0 saturated carbocycles. The number of hydrazone groups is 1. The van der Waals surface area contributed by atoms with Gasteiger partial charge in [0.25, 0.3) is 0 Å². The van der Waals surface area contributed by atoms with Crippen molar-refractivity contribution in [1.82, 2.24) is 10.3 Å². The topological polar surface area (TPSA) is 40.8 Å². The van der Waals surface area contributed by atoms with Gasteiger partial charge in [0.05, 0.1) is 5.71 Å². The van der Waals surface area contributed by atoms with Crippen LogP contribution in [0.4, 0.5) is 0 Å². The summed E-state index contributed by atoms with van der Waals surface area (Å²) in [6, 6.07) is 21.9. The molecule has 0 bridgehead atoms. The average molecular weight is 489 g/mol.